The molecule has 7 N–H and O–H groups in total. The van der Waals surface area contributed by atoms with Gasteiger partial charge in [0.15, 0.2) is 0 Å². The number of carbonyl (C=O) groups is 14. The molecule has 7 saturated heterocycles. The summed E-state index contributed by atoms with van der Waals surface area (Å²) in [5.74, 6) is -10.2. The van der Waals surface area contributed by atoms with E-state index in [4.69, 9.17) is 59.4 Å². The normalized spacial score (nSPS) is 21.6. The molecule has 7 aliphatic heterocycles. The fourth-order valence-corrected chi connectivity index (χ4v) is 12.1. The Labute approximate surface area is 605 Å². The number of carbonyl (C=O) groups excluding carboxylic acids is 7. The number of nitrogens with zero attached hydrogens (tertiary/aromatic N) is 7. The van der Waals surface area contributed by atoms with E-state index >= 15 is 0 Å². The summed E-state index contributed by atoms with van der Waals surface area (Å²) >= 11 is 0. The van der Waals surface area contributed by atoms with Crippen LogP contribution in [0.15, 0.2) is 0 Å². The van der Waals surface area contributed by atoms with Crippen LogP contribution in [0, 0.1) is 41.4 Å². The molecule has 8 unspecified atom stereocenters. The number of hydrogen-bond acceptors (Lipinski definition) is 19. The highest BCUT2D eigenvalue weighted by atomic mass is 16.5. The quantitative estimate of drug-likeness (QED) is 0.0433. The molecule has 0 aromatic rings. The highest BCUT2D eigenvalue weighted by Gasteiger charge is 2.40. The summed E-state index contributed by atoms with van der Waals surface area (Å²) in [5.41, 5.74) is 0. The third-order valence-electron chi connectivity index (χ3n) is 17.8. The first-order chi connectivity index (χ1) is 48.7. The fraction of sp³-hybridized carbons (Fsp3) is 0.800. The molecule has 0 aromatic carbocycles. The molecule has 33 heteroatoms. The first kappa shape index (κ1) is 93.4. The van der Waals surface area contributed by atoms with Crippen LogP contribution in [0.4, 0.5) is 0 Å². The first-order valence-electron chi connectivity index (χ1n) is 36.2. The third kappa shape index (κ3) is 36.1. The van der Waals surface area contributed by atoms with Crippen LogP contribution in [0.2, 0.25) is 0 Å². The molecule has 7 amide bonds. The monoisotopic (exact) mass is 1470 g/mol. The number of hydrogen-bond donors (Lipinski definition) is 7. The number of aliphatic carboxylic acids is 7. The zero-order valence-electron chi connectivity index (χ0n) is 62.2. The topological polar surface area (TPSA) is 449 Å². The van der Waals surface area contributed by atoms with E-state index in [9.17, 15) is 67.1 Å². The number of carboxylic acid groups (broad SMARTS) is 7. The van der Waals surface area contributed by atoms with E-state index in [0.29, 0.717) is 131 Å². The Morgan fingerprint density at radius 1 is 0.350 bits per heavy atom. The van der Waals surface area contributed by atoms with Crippen LogP contribution in [0.25, 0.3) is 0 Å². The smallest absolute Gasteiger partial charge is 0.308 e. The van der Waals surface area contributed by atoms with E-state index in [2.05, 4.69) is 20.8 Å². The van der Waals surface area contributed by atoms with Crippen LogP contribution in [0.5, 0.6) is 0 Å². The SMILES string of the molecule is CC(C)OCCN1CC(C(=O)O)CC1=O.CCCC(C)N1CC(C(=O)O)CC1=O.CCCC(CCC)N1CC(C(=O)O)CC1=O.CCCOCCN1CC(C(=O)O)CC1=O.CCOCCCN1CC(C(=O)O)CC1=O.CCOCCN1CC(C(=O)O)CC1=O.COCCCN1CC(C(=O)O)CC1=O. The van der Waals surface area contributed by atoms with E-state index < -0.39 is 83.2 Å². The fourth-order valence-electron chi connectivity index (χ4n) is 12.1. The van der Waals surface area contributed by atoms with Gasteiger partial charge in [-0.1, -0.05) is 47.0 Å². The molecule has 0 radical (unpaired) electrons. The van der Waals surface area contributed by atoms with Gasteiger partial charge in [-0.2, -0.15) is 0 Å². The third-order valence-corrected chi connectivity index (χ3v) is 17.8. The molecule has 8 atom stereocenters. The van der Waals surface area contributed by atoms with Crippen molar-refractivity contribution in [3.63, 3.8) is 0 Å². The standard InChI is InChI=1S/C12H21NO3.3C10H17NO4.C10H17NO3.2C9H15NO4/c1-3-5-10(6-4-2)13-8-9(12(15)16)7-11(13)14;1-7(2)15-4-3-11-6-8(10(13)14)5-9(11)12;1-2-15-5-3-4-11-7-8(10(13)14)6-9(11)12;1-2-4-15-5-3-11-7-8(10(13)14)6-9(11)12;1-3-4-7(2)11-6-8(10(13)14)5-9(11)12;1-14-4-2-3-10-6-7(9(12)13)5-8(10)11;1-2-14-4-3-10-6-7(9(12)13)5-8(10)11/h9-10H,3-8H2,1-2H3,(H,15,16);7-8H,3-6H2,1-2H3,(H,13,14);2*8H,2-7H2,1H3,(H,13,14);7-8H,3-6H2,1-2H3,(H,13,14);2*7H,2-6H2,1H3,(H,12,13). The van der Waals surface area contributed by atoms with Crippen LogP contribution in [-0.2, 0) is 90.8 Å². The minimum atomic E-state index is -0.893. The van der Waals surface area contributed by atoms with Gasteiger partial charge in [0.05, 0.1) is 67.3 Å². The zero-order chi connectivity index (χ0) is 77.9. The average molecular weight is 1470 g/mol. The molecule has 0 saturated carbocycles. The van der Waals surface area contributed by atoms with Crippen molar-refractivity contribution in [1.29, 1.82) is 0 Å². The highest BCUT2D eigenvalue weighted by molar-refractivity contribution is 5.90. The van der Waals surface area contributed by atoms with Crippen molar-refractivity contribution in [2.75, 3.05) is 139 Å². The van der Waals surface area contributed by atoms with Crippen molar-refractivity contribution in [2.45, 2.75) is 183 Å². The number of ether oxygens (including phenoxy) is 5. The molecule has 103 heavy (non-hydrogen) atoms. The minimum Gasteiger partial charge on any atom is -0.481 e. The molecule has 0 aromatic heterocycles. The van der Waals surface area contributed by atoms with E-state index in [0.717, 1.165) is 57.8 Å². The van der Waals surface area contributed by atoms with Crippen LogP contribution in [0.3, 0.4) is 0 Å². The van der Waals surface area contributed by atoms with Crippen LogP contribution in [0.1, 0.15) is 165 Å². The van der Waals surface area contributed by atoms with Gasteiger partial charge < -0.3 is 93.7 Å². The molecule has 0 spiro atoms. The van der Waals surface area contributed by atoms with E-state index in [1.165, 1.54) is 0 Å². The molecule has 7 heterocycles. The second-order valence-corrected chi connectivity index (χ2v) is 26.5. The predicted octanol–water partition coefficient (Wildman–Crippen LogP) is 3.95. The number of amides is 7. The Hall–Kier alpha value is -7.62. The summed E-state index contributed by atoms with van der Waals surface area (Å²) in [4.78, 5) is 166. The molecule has 0 aliphatic carbocycles. The Morgan fingerprint density at radius 3 is 0.942 bits per heavy atom. The molecular weight excluding hydrogens is 1350 g/mol. The van der Waals surface area contributed by atoms with Gasteiger partial charge in [0.1, 0.15) is 0 Å². The Morgan fingerprint density at radius 2 is 0.641 bits per heavy atom. The molecule has 590 valence electrons. The summed E-state index contributed by atoms with van der Waals surface area (Å²) in [5, 5.41) is 61.4. The molecule has 7 fully saturated rings. The maximum Gasteiger partial charge on any atom is 0.308 e. The highest BCUT2D eigenvalue weighted by Crippen LogP contribution is 2.27. The molecule has 33 nitrogen and oxygen atoms in total. The summed E-state index contributed by atoms with van der Waals surface area (Å²) in [7, 11) is 1.60. The lowest BCUT2D eigenvalue weighted by Crippen LogP contribution is -2.36. The average Bonchev–Trinajstić information content (AvgIpc) is 1.69. The Kier molecular flexibility index (Phi) is 46.7. The second kappa shape index (κ2) is 51.5. The van der Waals surface area contributed by atoms with Gasteiger partial charge in [-0.3, -0.25) is 67.1 Å². The summed E-state index contributed by atoms with van der Waals surface area (Å²) in [6.07, 6.45) is 9.61. The second-order valence-electron chi connectivity index (χ2n) is 26.5. The van der Waals surface area contributed by atoms with Gasteiger partial charge in [0.25, 0.3) is 0 Å². The zero-order valence-corrected chi connectivity index (χ0v) is 62.2. The number of carboxylic acids is 7. The van der Waals surface area contributed by atoms with Gasteiger partial charge >= 0.3 is 41.8 Å². The molecule has 7 aliphatic rings. The van der Waals surface area contributed by atoms with Crippen LogP contribution in [-0.4, -0.2) is 310 Å². The van der Waals surface area contributed by atoms with Crippen molar-refractivity contribution in [3.8, 4) is 0 Å². The summed E-state index contributed by atoms with van der Waals surface area (Å²) in [6.45, 7) is 27.6. The van der Waals surface area contributed by atoms with E-state index in [1.807, 2.05) is 41.5 Å². The van der Waals surface area contributed by atoms with Gasteiger partial charge in [-0.05, 0) is 73.1 Å². The Balaban J connectivity index is 0.000000601. The van der Waals surface area contributed by atoms with E-state index in [-0.39, 0.29) is 104 Å². The minimum absolute atomic E-state index is 0.0132. The van der Waals surface area contributed by atoms with Crippen LogP contribution >= 0.6 is 0 Å². The molecule has 7 rings (SSSR count). The molecular formula is C70H119N7O26. The number of rotatable bonds is 37. The summed E-state index contributed by atoms with van der Waals surface area (Å²) < 4.78 is 25.7. The number of likely N-dealkylation sites (tertiary alicyclic amines) is 7. The van der Waals surface area contributed by atoms with Gasteiger partial charge in [0, 0.05) is 176 Å². The molecule has 0 bridgehead atoms. The largest absolute Gasteiger partial charge is 0.481 e. The van der Waals surface area contributed by atoms with Gasteiger partial charge in [-0.25, -0.2) is 0 Å². The van der Waals surface area contributed by atoms with Crippen LogP contribution < -0.4 is 0 Å². The van der Waals surface area contributed by atoms with Crippen molar-refractivity contribution in [2.24, 2.45) is 41.4 Å². The predicted molar refractivity (Wildman–Crippen MR) is 371 cm³/mol. The van der Waals surface area contributed by atoms with Crippen molar-refractivity contribution >= 4 is 83.1 Å². The van der Waals surface area contributed by atoms with Crippen molar-refractivity contribution < 1.29 is 127 Å². The lowest BCUT2D eigenvalue weighted by molar-refractivity contribution is -0.142. The van der Waals surface area contributed by atoms with E-state index in [1.54, 1.807) is 41.4 Å². The number of methoxy groups -OCH3 is 1. The van der Waals surface area contributed by atoms with Crippen molar-refractivity contribution in [1.82, 2.24) is 34.3 Å². The lowest BCUT2D eigenvalue weighted by Gasteiger charge is -2.27. The van der Waals surface area contributed by atoms with Gasteiger partial charge in [-0.15, -0.1) is 0 Å². The Bertz CT molecular complexity index is 2580. The lowest BCUT2D eigenvalue weighted by atomic mass is 10.1. The maximum absolute atomic E-state index is 11.7. The summed E-state index contributed by atoms with van der Waals surface area (Å²) in [6, 6.07) is 0.420. The maximum atomic E-state index is 11.7. The van der Waals surface area contributed by atoms with Gasteiger partial charge in [0.2, 0.25) is 41.4 Å². The van der Waals surface area contributed by atoms with Crippen molar-refractivity contribution in [3.05, 3.63) is 0 Å². The first-order valence-corrected chi connectivity index (χ1v) is 36.2.